The lowest BCUT2D eigenvalue weighted by Gasteiger charge is -2.11. The van der Waals surface area contributed by atoms with E-state index in [1.54, 1.807) is 56.5 Å². The minimum absolute atomic E-state index is 0.258. The maximum Gasteiger partial charge on any atom is 0.340 e. The summed E-state index contributed by atoms with van der Waals surface area (Å²) in [6.45, 7) is 2.41. The molecule has 0 aliphatic carbocycles. The summed E-state index contributed by atoms with van der Waals surface area (Å²) in [7, 11) is 1.57. The molecule has 0 spiro atoms. The molecule has 32 heavy (non-hydrogen) atoms. The Hall–Kier alpha value is -4.06. The number of esters is 1. The first kappa shape index (κ1) is 22.6. The predicted molar refractivity (Wildman–Crippen MR) is 124 cm³/mol. The molecule has 164 valence electrons. The molecule has 0 heterocycles. The van der Waals surface area contributed by atoms with Crippen LogP contribution < -0.4 is 14.8 Å². The van der Waals surface area contributed by atoms with Crippen LogP contribution in [0.25, 0.3) is 6.08 Å². The fourth-order valence-corrected chi connectivity index (χ4v) is 2.97. The fraction of sp³-hybridized carbons (Fsp3) is 0.154. The summed E-state index contributed by atoms with van der Waals surface area (Å²) in [5.41, 5.74) is 2.52. The van der Waals surface area contributed by atoms with Gasteiger partial charge in [0.25, 0.3) is 0 Å². The third-order valence-corrected chi connectivity index (χ3v) is 4.53. The van der Waals surface area contributed by atoms with Crippen molar-refractivity contribution in [3.05, 3.63) is 95.6 Å². The zero-order chi connectivity index (χ0) is 22.8. The lowest BCUT2D eigenvalue weighted by atomic mass is 10.1. The van der Waals surface area contributed by atoms with Crippen LogP contribution in [0, 0.1) is 0 Å². The first-order chi connectivity index (χ1) is 15.6. The Bertz CT molecular complexity index is 1090. The van der Waals surface area contributed by atoms with Gasteiger partial charge in [0.05, 0.1) is 25.0 Å². The molecule has 3 aromatic carbocycles. The molecule has 3 rings (SSSR count). The Balaban J connectivity index is 1.66. The van der Waals surface area contributed by atoms with Gasteiger partial charge in [0.15, 0.2) is 11.5 Å². The Morgan fingerprint density at radius 3 is 2.44 bits per heavy atom. The topological polar surface area (TPSA) is 73.9 Å². The van der Waals surface area contributed by atoms with Crippen LogP contribution in [0.2, 0.25) is 0 Å². The summed E-state index contributed by atoms with van der Waals surface area (Å²) >= 11 is 0. The van der Waals surface area contributed by atoms with E-state index in [9.17, 15) is 9.59 Å². The van der Waals surface area contributed by atoms with Gasteiger partial charge in [0, 0.05) is 6.08 Å². The van der Waals surface area contributed by atoms with Gasteiger partial charge in [-0.15, -0.1) is 0 Å². The summed E-state index contributed by atoms with van der Waals surface area (Å²) in [6.07, 6.45) is 3.05. The molecule has 6 heteroatoms. The Kier molecular flexibility index (Phi) is 8.03. The van der Waals surface area contributed by atoms with Crippen molar-refractivity contribution in [1.29, 1.82) is 0 Å². The molecule has 0 aliphatic rings. The van der Waals surface area contributed by atoms with Crippen molar-refractivity contribution < 1.29 is 23.8 Å². The maximum absolute atomic E-state index is 12.4. The zero-order valence-electron chi connectivity index (χ0n) is 18.0. The average Bonchev–Trinajstić information content (AvgIpc) is 2.82. The SMILES string of the molecule is CCOC(=O)c1ccccc1NC(=O)/C=C/c1ccc(OCc2ccccc2)c(OC)c1. The van der Waals surface area contributed by atoms with Crippen molar-refractivity contribution in [2.45, 2.75) is 13.5 Å². The van der Waals surface area contributed by atoms with Gasteiger partial charge in [-0.2, -0.15) is 0 Å². The second-order valence-electron chi connectivity index (χ2n) is 6.77. The van der Waals surface area contributed by atoms with Crippen LogP contribution in [0.4, 0.5) is 5.69 Å². The molecule has 0 saturated carbocycles. The first-order valence-corrected chi connectivity index (χ1v) is 10.2. The predicted octanol–water partition coefficient (Wildman–Crippen LogP) is 5.10. The van der Waals surface area contributed by atoms with Crippen molar-refractivity contribution in [3.63, 3.8) is 0 Å². The van der Waals surface area contributed by atoms with Gasteiger partial charge in [-0.1, -0.05) is 48.5 Å². The van der Waals surface area contributed by atoms with Crippen LogP contribution in [0.1, 0.15) is 28.4 Å². The highest BCUT2D eigenvalue weighted by Crippen LogP contribution is 2.29. The van der Waals surface area contributed by atoms with Crippen LogP contribution in [0.15, 0.2) is 78.9 Å². The van der Waals surface area contributed by atoms with Crippen molar-refractivity contribution in [3.8, 4) is 11.5 Å². The lowest BCUT2D eigenvalue weighted by molar-refractivity contribution is -0.111. The van der Waals surface area contributed by atoms with Gasteiger partial charge in [0.2, 0.25) is 5.91 Å². The molecule has 3 aromatic rings. The second-order valence-corrected chi connectivity index (χ2v) is 6.77. The van der Waals surface area contributed by atoms with E-state index in [4.69, 9.17) is 14.2 Å². The number of carbonyl (C=O) groups is 2. The van der Waals surface area contributed by atoms with E-state index in [-0.39, 0.29) is 12.5 Å². The minimum Gasteiger partial charge on any atom is -0.493 e. The summed E-state index contributed by atoms with van der Waals surface area (Å²) in [5, 5.41) is 2.72. The van der Waals surface area contributed by atoms with E-state index in [0.717, 1.165) is 11.1 Å². The summed E-state index contributed by atoms with van der Waals surface area (Å²) in [6, 6.07) is 22.0. The highest BCUT2D eigenvalue weighted by Gasteiger charge is 2.13. The van der Waals surface area contributed by atoms with E-state index in [1.165, 1.54) is 6.08 Å². The van der Waals surface area contributed by atoms with Crippen LogP contribution in [0.3, 0.4) is 0 Å². The molecular weight excluding hydrogens is 406 g/mol. The van der Waals surface area contributed by atoms with E-state index < -0.39 is 5.97 Å². The minimum atomic E-state index is -0.483. The number of rotatable bonds is 9. The zero-order valence-corrected chi connectivity index (χ0v) is 18.0. The summed E-state index contributed by atoms with van der Waals surface area (Å²) in [5.74, 6) is 0.325. The van der Waals surface area contributed by atoms with Crippen molar-refractivity contribution >= 4 is 23.6 Å². The van der Waals surface area contributed by atoms with E-state index in [1.807, 2.05) is 36.4 Å². The number of anilines is 1. The summed E-state index contributed by atoms with van der Waals surface area (Å²) < 4.78 is 16.3. The molecule has 0 aliphatic heterocycles. The number of nitrogens with one attached hydrogen (secondary N) is 1. The van der Waals surface area contributed by atoms with Gasteiger partial charge in [0.1, 0.15) is 6.61 Å². The average molecular weight is 431 g/mol. The second kappa shape index (κ2) is 11.4. The molecule has 0 saturated heterocycles. The first-order valence-electron chi connectivity index (χ1n) is 10.2. The largest absolute Gasteiger partial charge is 0.493 e. The molecule has 0 unspecified atom stereocenters. The van der Waals surface area contributed by atoms with Crippen molar-refractivity contribution in [2.75, 3.05) is 19.0 Å². The van der Waals surface area contributed by atoms with Gasteiger partial charge in [-0.3, -0.25) is 4.79 Å². The molecule has 1 N–H and O–H groups in total. The van der Waals surface area contributed by atoms with Crippen LogP contribution in [-0.4, -0.2) is 25.6 Å². The molecule has 0 bridgehead atoms. The van der Waals surface area contributed by atoms with Crippen LogP contribution in [0.5, 0.6) is 11.5 Å². The Morgan fingerprint density at radius 1 is 0.938 bits per heavy atom. The molecule has 6 nitrogen and oxygen atoms in total. The molecule has 0 aromatic heterocycles. The third-order valence-electron chi connectivity index (χ3n) is 4.53. The lowest BCUT2D eigenvalue weighted by Crippen LogP contribution is -2.13. The third kappa shape index (κ3) is 6.22. The van der Waals surface area contributed by atoms with Crippen molar-refractivity contribution in [1.82, 2.24) is 0 Å². The number of hydrogen-bond acceptors (Lipinski definition) is 5. The van der Waals surface area contributed by atoms with Crippen LogP contribution in [-0.2, 0) is 16.1 Å². The van der Waals surface area contributed by atoms with Crippen molar-refractivity contribution in [2.24, 2.45) is 0 Å². The molecular formula is C26H25NO5. The number of carbonyl (C=O) groups excluding carboxylic acids is 2. The van der Waals surface area contributed by atoms with Gasteiger partial charge < -0.3 is 19.5 Å². The monoisotopic (exact) mass is 431 g/mol. The molecule has 0 radical (unpaired) electrons. The van der Waals surface area contributed by atoms with Crippen LogP contribution >= 0.6 is 0 Å². The summed E-state index contributed by atoms with van der Waals surface area (Å²) in [4.78, 5) is 24.4. The quantitative estimate of drug-likeness (QED) is 0.377. The standard InChI is InChI=1S/C26H25NO5/c1-3-31-26(29)21-11-7-8-12-22(21)27-25(28)16-14-19-13-15-23(24(17-19)30-2)32-18-20-9-5-4-6-10-20/h4-17H,3,18H2,1-2H3,(H,27,28)/b16-14+. The number of benzene rings is 3. The number of methoxy groups -OCH3 is 1. The van der Waals surface area contributed by atoms with Gasteiger partial charge in [-0.25, -0.2) is 4.79 Å². The molecule has 1 amide bonds. The highest BCUT2D eigenvalue weighted by atomic mass is 16.5. The molecule has 0 atom stereocenters. The van der Waals surface area contributed by atoms with E-state index in [2.05, 4.69) is 5.32 Å². The van der Waals surface area contributed by atoms with Gasteiger partial charge >= 0.3 is 5.97 Å². The molecule has 0 fully saturated rings. The van der Waals surface area contributed by atoms with E-state index >= 15 is 0 Å². The number of amides is 1. The Morgan fingerprint density at radius 2 is 1.69 bits per heavy atom. The number of hydrogen-bond donors (Lipinski definition) is 1. The number of ether oxygens (including phenoxy) is 3. The van der Waals surface area contributed by atoms with Gasteiger partial charge in [-0.05, 0) is 48.4 Å². The normalized spacial score (nSPS) is 10.6. The highest BCUT2D eigenvalue weighted by molar-refractivity contribution is 6.06. The Labute approximate surface area is 187 Å². The number of para-hydroxylation sites is 1. The fourth-order valence-electron chi connectivity index (χ4n) is 2.97. The smallest absolute Gasteiger partial charge is 0.340 e. The van der Waals surface area contributed by atoms with E-state index in [0.29, 0.717) is 29.4 Å². The maximum atomic E-state index is 12.4.